The molecular weight excluding hydrogens is 324 g/mol. The Morgan fingerprint density at radius 1 is 1.33 bits per heavy atom. The fraction of sp³-hybridized carbons (Fsp3) is 0.529. The average Bonchev–Trinajstić information content (AvgIpc) is 3.20. The maximum Gasteiger partial charge on any atom is 0.230 e. The topological polar surface area (TPSA) is 66.8 Å². The second-order valence-corrected chi connectivity index (χ2v) is 7.97. The van der Waals surface area contributed by atoms with Gasteiger partial charge >= 0.3 is 0 Å². The number of thiazole rings is 1. The second-order valence-electron chi connectivity index (χ2n) is 6.96. The van der Waals surface area contributed by atoms with E-state index in [1.54, 1.807) is 6.26 Å². The fourth-order valence-corrected chi connectivity index (χ4v) is 5.01. The monoisotopic (exact) mass is 346 g/mol. The van der Waals surface area contributed by atoms with Gasteiger partial charge in [0.2, 0.25) is 10.8 Å². The standard InChI is InChI=1S/C17H22N4O2S/c1-10-7-11(2)9-20(8-10)14(13-5-4-6-23-13)15-16(22)21-17(24-15)18-12(3)19-21/h4-6,10-11,14,22H,7-9H2,1-3H3/t10-,11+,14-/m1/s1. The molecule has 1 saturated heterocycles. The molecule has 128 valence electrons. The molecule has 0 aromatic carbocycles. The van der Waals surface area contributed by atoms with Crippen LogP contribution in [0.15, 0.2) is 22.8 Å². The van der Waals surface area contributed by atoms with Gasteiger partial charge in [-0.1, -0.05) is 25.2 Å². The summed E-state index contributed by atoms with van der Waals surface area (Å²) in [7, 11) is 0. The van der Waals surface area contributed by atoms with E-state index >= 15 is 0 Å². The van der Waals surface area contributed by atoms with E-state index < -0.39 is 0 Å². The number of aromatic nitrogens is 3. The fourth-order valence-electron chi connectivity index (χ4n) is 3.87. The van der Waals surface area contributed by atoms with Crippen LogP contribution < -0.4 is 0 Å². The van der Waals surface area contributed by atoms with Crippen LogP contribution in [0.25, 0.3) is 4.96 Å². The molecule has 3 aromatic heterocycles. The van der Waals surface area contributed by atoms with Crippen molar-refractivity contribution in [2.75, 3.05) is 13.1 Å². The number of likely N-dealkylation sites (tertiary alicyclic amines) is 1. The summed E-state index contributed by atoms with van der Waals surface area (Å²) < 4.78 is 7.26. The molecule has 24 heavy (non-hydrogen) atoms. The maximum absolute atomic E-state index is 10.7. The van der Waals surface area contributed by atoms with Gasteiger partial charge in [0, 0.05) is 13.1 Å². The summed E-state index contributed by atoms with van der Waals surface area (Å²) in [4.78, 5) is 8.37. The average molecular weight is 346 g/mol. The number of nitrogens with zero attached hydrogens (tertiary/aromatic N) is 4. The first-order valence-electron chi connectivity index (χ1n) is 8.35. The summed E-state index contributed by atoms with van der Waals surface area (Å²) in [5, 5.41) is 15.0. The van der Waals surface area contributed by atoms with Crippen LogP contribution in [-0.4, -0.2) is 37.7 Å². The van der Waals surface area contributed by atoms with Gasteiger partial charge in [0.1, 0.15) is 17.6 Å². The van der Waals surface area contributed by atoms with Crippen molar-refractivity contribution >= 4 is 16.3 Å². The summed E-state index contributed by atoms with van der Waals surface area (Å²) in [6, 6.07) is 3.78. The normalized spacial score (nSPS) is 23.8. The first-order chi connectivity index (χ1) is 11.5. The molecule has 0 saturated carbocycles. The van der Waals surface area contributed by atoms with Crippen LogP contribution in [0.3, 0.4) is 0 Å². The molecular formula is C17H22N4O2S. The molecule has 6 nitrogen and oxygen atoms in total. The van der Waals surface area contributed by atoms with Crippen molar-refractivity contribution in [1.82, 2.24) is 19.5 Å². The quantitative estimate of drug-likeness (QED) is 0.786. The third-order valence-corrected chi connectivity index (χ3v) is 5.70. The number of piperidine rings is 1. The Morgan fingerprint density at radius 2 is 2.08 bits per heavy atom. The van der Waals surface area contributed by atoms with Crippen LogP contribution in [0.5, 0.6) is 5.88 Å². The van der Waals surface area contributed by atoms with Gasteiger partial charge in [-0.2, -0.15) is 4.52 Å². The highest BCUT2D eigenvalue weighted by atomic mass is 32.1. The zero-order valence-corrected chi connectivity index (χ0v) is 15.0. The van der Waals surface area contributed by atoms with Gasteiger partial charge in [0.25, 0.3) is 0 Å². The van der Waals surface area contributed by atoms with Gasteiger partial charge < -0.3 is 9.52 Å². The van der Waals surface area contributed by atoms with Crippen LogP contribution in [-0.2, 0) is 0 Å². The number of hydrogen-bond acceptors (Lipinski definition) is 6. The molecule has 0 bridgehead atoms. The van der Waals surface area contributed by atoms with E-state index in [9.17, 15) is 5.11 Å². The molecule has 1 aliphatic heterocycles. The summed E-state index contributed by atoms with van der Waals surface area (Å²) in [5.41, 5.74) is 0. The van der Waals surface area contributed by atoms with Gasteiger partial charge in [-0.25, -0.2) is 4.98 Å². The Kier molecular flexibility index (Phi) is 3.85. The molecule has 3 aromatic rings. The van der Waals surface area contributed by atoms with Gasteiger partial charge in [-0.3, -0.25) is 4.90 Å². The van der Waals surface area contributed by atoms with E-state index in [0.29, 0.717) is 17.7 Å². The summed E-state index contributed by atoms with van der Waals surface area (Å²) >= 11 is 1.48. The van der Waals surface area contributed by atoms with Crippen molar-refractivity contribution in [2.45, 2.75) is 33.2 Å². The molecule has 0 amide bonds. The van der Waals surface area contributed by atoms with Crippen molar-refractivity contribution in [3.05, 3.63) is 34.9 Å². The number of aryl methyl sites for hydroxylation is 1. The lowest BCUT2D eigenvalue weighted by Gasteiger charge is -2.38. The number of fused-ring (bicyclic) bond motifs is 1. The van der Waals surface area contributed by atoms with Gasteiger partial charge in [0.05, 0.1) is 11.1 Å². The van der Waals surface area contributed by atoms with Crippen molar-refractivity contribution in [1.29, 1.82) is 0 Å². The summed E-state index contributed by atoms with van der Waals surface area (Å²) in [5.74, 6) is 2.93. The van der Waals surface area contributed by atoms with E-state index in [1.165, 1.54) is 22.3 Å². The second kappa shape index (κ2) is 5.89. The van der Waals surface area contributed by atoms with E-state index in [4.69, 9.17) is 4.42 Å². The van der Waals surface area contributed by atoms with Crippen LogP contribution >= 0.6 is 11.3 Å². The molecule has 3 atom stereocenters. The van der Waals surface area contributed by atoms with Crippen LogP contribution in [0.2, 0.25) is 0 Å². The van der Waals surface area contributed by atoms with Crippen molar-refractivity contribution in [3.63, 3.8) is 0 Å². The summed E-state index contributed by atoms with van der Waals surface area (Å²) in [6.45, 7) is 8.38. The minimum Gasteiger partial charge on any atom is -0.492 e. The molecule has 0 spiro atoms. The van der Waals surface area contributed by atoms with E-state index in [0.717, 1.165) is 28.7 Å². The van der Waals surface area contributed by atoms with Crippen LogP contribution in [0, 0.1) is 18.8 Å². The minimum atomic E-state index is -0.0981. The molecule has 7 heteroatoms. The largest absolute Gasteiger partial charge is 0.492 e. The number of aromatic hydroxyl groups is 1. The third kappa shape index (κ3) is 2.61. The zero-order valence-electron chi connectivity index (χ0n) is 14.1. The van der Waals surface area contributed by atoms with E-state index in [-0.39, 0.29) is 11.9 Å². The number of rotatable bonds is 3. The van der Waals surface area contributed by atoms with E-state index in [1.807, 2.05) is 19.1 Å². The SMILES string of the molecule is Cc1nc2sc([C@@H](c3ccco3)N3C[C@H](C)C[C@H](C)C3)c(O)n2n1. The maximum atomic E-state index is 10.7. The molecule has 1 aliphatic rings. The summed E-state index contributed by atoms with van der Waals surface area (Å²) in [6.07, 6.45) is 2.93. The van der Waals surface area contributed by atoms with Crippen LogP contribution in [0.4, 0.5) is 0 Å². The van der Waals surface area contributed by atoms with Crippen molar-refractivity contribution < 1.29 is 9.52 Å². The Balaban J connectivity index is 1.80. The molecule has 0 unspecified atom stereocenters. The molecule has 0 aliphatic carbocycles. The van der Waals surface area contributed by atoms with Gasteiger partial charge in [-0.15, -0.1) is 5.10 Å². The zero-order chi connectivity index (χ0) is 16.8. The van der Waals surface area contributed by atoms with Gasteiger partial charge in [0.15, 0.2) is 0 Å². The minimum absolute atomic E-state index is 0.0981. The van der Waals surface area contributed by atoms with Gasteiger partial charge in [-0.05, 0) is 37.3 Å². The smallest absolute Gasteiger partial charge is 0.230 e. The molecule has 1 N–H and O–H groups in total. The highest BCUT2D eigenvalue weighted by Crippen LogP contribution is 2.41. The molecule has 4 heterocycles. The molecule has 4 rings (SSSR count). The lowest BCUT2D eigenvalue weighted by Crippen LogP contribution is -2.41. The van der Waals surface area contributed by atoms with E-state index in [2.05, 4.69) is 28.8 Å². The Bertz CT molecular complexity index is 828. The third-order valence-electron chi connectivity index (χ3n) is 4.63. The van der Waals surface area contributed by atoms with Crippen molar-refractivity contribution in [3.8, 4) is 5.88 Å². The first-order valence-corrected chi connectivity index (χ1v) is 9.17. The molecule has 1 fully saturated rings. The highest BCUT2D eigenvalue weighted by molar-refractivity contribution is 7.17. The van der Waals surface area contributed by atoms with Crippen LogP contribution in [0.1, 0.15) is 42.8 Å². The van der Waals surface area contributed by atoms with Crippen molar-refractivity contribution in [2.24, 2.45) is 11.8 Å². The lowest BCUT2D eigenvalue weighted by atomic mass is 9.90. The predicted molar refractivity (Wildman–Crippen MR) is 92.3 cm³/mol. The Labute approximate surface area is 144 Å². The highest BCUT2D eigenvalue weighted by Gasteiger charge is 2.35. The Morgan fingerprint density at radius 3 is 2.71 bits per heavy atom. The number of hydrogen-bond donors (Lipinski definition) is 1. The molecule has 0 radical (unpaired) electrons. The lowest BCUT2D eigenvalue weighted by molar-refractivity contribution is 0.102. The number of furan rings is 1. The predicted octanol–water partition coefficient (Wildman–Crippen LogP) is 3.47. The Hall–Kier alpha value is -1.86. The first kappa shape index (κ1) is 15.7.